The van der Waals surface area contributed by atoms with Crippen LogP contribution in [0.25, 0.3) is 6.08 Å². The van der Waals surface area contributed by atoms with Crippen molar-refractivity contribution in [3.05, 3.63) is 60.0 Å². The van der Waals surface area contributed by atoms with Crippen molar-refractivity contribution in [1.29, 1.82) is 0 Å². The van der Waals surface area contributed by atoms with Gasteiger partial charge in [-0.15, -0.1) is 0 Å². The molecule has 3 rings (SSSR count). The SMILES string of the molecule is CCOc1cc(/C=C2\SC(=S)N(CC(C)C)C2=O)cc(I)c1OCc1ccc(Cl)c(Cl)c1. The molecular weight excluding hydrogens is 600 g/mol. The highest BCUT2D eigenvalue weighted by Crippen LogP contribution is 2.38. The fourth-order valence-corrected chi connectivity index (χ4v) is 5.41. The number of carbonyl (C=O) groups excluding carboxylic acids is 1. The molecule has 1 saturated heterocycles. The number of thioether (sulfide) groups is 1. The molecular formula is C23H22Cl2INO3S2. The lowest BCUT2D eigenvalue weighted by Crippen LogP contribution is -2.31. The second kappa shape index (κ2) is 11.4. The molecule has 0 aliphatic carbocycles. The van der Waals surface area contributed by atoms with Crippen LogP contribution in [0.1, 0.15) is 31.9 Å². The van der Waals surface area contributed by atoms with Crippen molar-refractivity contribution in [3.63, 3.8) is 0 Å². The molecule has 1 aliphatic rings. The smallest absolute Gasteiger partial charge is 0.266 e. The van der Waals surface area contributed by atoms with Crippen LogP contribution in [-0.2, 0) is 11.4 Å². The van der Waals surface area contributed by atoms with Crippen LogP contribution in [0, 0.1) is 9.49 Å². The maximum atomic E-state index is 12.8. The van der Waals surface area contributed by atoms with E-state index in [1.54, 1.807) is 17.0 Å². The summed E-state index contributed by atoms with van der Waals surface area (Å²) in [6.45, 7) is 7.47. The zero-order valence-electron chi connectivity index (χ0n) is 17.8. The van der Waals surface area contributed by atoms with E-state index in [4.69, 9.17) is 44.9 Å². The summed E-state index contributed by atoms with van der Waals surface area (Å²) in [5.41, 5.74) is 1.75. The molecule has 4 nitrogen and oxygen atoms in total. The van der Waals surface area contributed by atoms with Crippen LogP contribution < -0.4 is 9.47 Å². The van der Waals surface area contributed by atoms with Crippen LogP contribution in [0.3, 0.4) is 0 Å². The summed E-state index contributed by atoms with van der Waals surface area (Å²) in [5, 5.41) is 0.987. The van der Waals surface area contributed by atoms with Crippen LogP contribution in [0.2, 0.25) is 10.0 Å². The van der Waals surface area contributed by atoms with Gasteiger partial charge in [-0.25, -0.2) is 0 Å². The minimum absolute atomic E-state index is 0.0541. The van der Waals surface area contributed by atoms with E-state index in [-0.39, 0.29) is 5.91 Å². The number of rotatable bonds is 8. The quantitative estimate of drug-likeness (QED) is 0.174. The molecule has 0 unspecified atom stereocenters. The highest BCUT2D eigenvalue weighted by Gasteiger charge is 2.32. The predicted octanol–water partition coefficient (Wildman–Crippen LogP) is 7.43. The summed E-state index contributed by atoms with van der Waals surface area (Å²) >= 11 is 21.0. The van der Waals surface area contributed by atoms with Crippen LogP contribution >= 0.6 is 69.8 Å². The molecule has 0 saturated carbocycles. The monoisotopic (exact) mass is 621 g/mol. The normalized spacial score (nSPS) is 15.2. The number of halogens is 3. The third-order valence-electron chi connectivity index (χ3n) is 4.42. The van der Waals surface area contributed by atoms with E-state index in [1.807, 2.05) is 31.2 Å². The van der Waals surface area contributed by atoms with Crippen molar-refractivity contribution < 1.29 is 14.3 Å². The van der Waals surface area contributed by atoms with Crippen molar-refractivity contribution in [3.8, 4) is 11.5 Å². The molecule has 170 valence electrons. The number of carbonyl (C=O) groups is 1. The van der Waals surface area contributed by atoms with Crippen LogP contribution in [-0.4, -0.2) is 28.3 Å². The van der Waals surface area contributed by atoms with Gasteiger partial charge in [-0.1, -0.05) is 67.1 Å². The average Bonchev–Trinajstić information content (AvgIpc) is 2.97. The number of hydrogen-bond donors (Lipinski definition) is 0. The zero-order chi connectivity index (χ0) is 23.4. The first-order chi connectivity index (χ1) is 15.2. The summed E-state index contributed by atoms with van der Waals surface area (Å²) in [6, 6.07) is 9.24. The maximum Gasteiger partial charge on any atom is 0.266 e. The van der Waals surface area contributed by atoms with Gasteiger partial charge in [0.25, 0.3) is 5.91 Å². The average molecular weight is 622 g/mol. The standard InChI is InChI=1S/C23H22Cl2INO3S2/c1-4-29-19-9-15(10-20-22(28)27(11-13(2)3)23(31)32-20)8-18(26)21(19)30-12-14-5-6-16(24)17(25)7-14/h5-10,13H,4,11-12H2,1-3H3/b20-10-. The van der Waals surface area contributed by atoms with Gasteiger partial charge in [0.1, 0.15) is 10.9 Å². The fraction of sp³-hybridized carbons (Fsp3) is 0.304. The Balaban J connectivity index is 1.85. The Labute approximate surface area is 221 Å². The van der Waals surface area contributed by atoms with Crippen molar-refractivity contribution in [2.45, 2.75) is 27.4 Å². The fourth-order valence-electron chi connectivity index (χ4n) is 3.03. The molecule has 0 bridgehead atoms. The van der Waals surface area contributed by atoms with Crippen molar-refractivity contribution >= 4 is 86.1 Å². The third-order valence-corrected chi connectivity index (χ3v) is 7.34. The molecule has 32 heavy (non-hydrogen) atoms. The molecule has 1 amide bonds. The van der Waals surface area contributed by atoms with E-state index in [2.05, 4.69) is 36.4 Å². The lowest BCUT2D eigenvalue weighted by atomic mass is 10.1. The number of benzene rings is 2. The molecule has 0 aromatic heterocycles. The lowest BCUT2D eigenvalue weighted by molar-refractivity contribution is -0.122. The van der Waals surface area contributed by atoms with Gasteiger partial charge >= 0.3 is 0 Å². The third kappa shape index (κ3) is 6.32. The molecule has 2 aromatic carbocycles. The first-order valence-electron chi connectivity index (χ1n) is 9.98. The van der Waals surface area contributed by atoms with Crippen LogP contribution in [0.5, 0.6) is 11.5 Å². The molecule has 0 N–H and O–H groups in total. The topological polar surface area (TPSA) is 38.8 Å². The van der Waals surface area contributed by atoms with Gasteiger partial charge in [-0.05, 0) is 76.9 Å². The second-order valence-corrected chi connectivity index (χ2v) is 11.1. The van der Waals surface area contributed by atoms with Gasteiger partial charge in [0.2, 0.25) is 0 Å². The largest absolute Gasteiger partial charge is 0.490 e. The number of nitrogens with zero attached hydrogens (tertiary/aromatic N) is 1. The van der Waals surface area contributed by atoms with Crippen LogP contribution in [0.15, 0.2) is 35.2 Å². The van der Waals surface area contributed by atoms with E-state index in [9.17, 15) is 4.79 Å². The van der Waals surface area contributed by atoms with Gasteiger partial charge in [0.05, 0.1) is 25.1 Å². The summed E-state index contributed by atoms with van der Waals surface area (Å²) in [7, 11) is 0. The van der Waals surface area contributed by atoms with Crippen LogP contribution in [0.4, 0.5) is 0 Å². The Morgan fingerprint density at radius 2 is 1.94 bits per heavy atom. The first-order valence-corrected chi connectivity index (χ1v) is 13.0. The van der Waals surface area contributed by atoms with Crippen molar-refractivity contribution in [2.75, 3.05) is 13.2 Å². The Morgan fingerprint density at radius 1 is 1.19 bits per heavy atom. The van der Waals surface area contributed by atoms with E-state index in [1.165, 1.54) is 11.8 Å². The Morgan fingerprint density at radius 3 is 2.59 bits per heavy atom. The lowest BCUT2D eigenvalue weighted by Gasteiger charge is -2.16. The van der Waals surface area contributed by atoms with E-state index in [0.29, 0.717) is 56.4 Å². The van der Waals surface area contributed by atoms with Gasteiger partial charge in [0.15, 0.2) is 11.5 Å². The summed E-state index contributed by atoms with van der Waals surface area (Å²) in [5.74, 6) is 1.54. The highest BCUT2D eigenvalue weighted by atomic mass is 127. The molecule has 0 spiro atoms. The molecule has 9 heteroatoms. The highest BCUT2D eigenvalue weighted by molar-refractivity contribution is 14.1. The molecule has 0 radical (unpaired) electrons. The summed E-state index contributed by atoms with van der Waals surface area (Å²) in [6.07, 6.45) is 1.85. The molecule has 1 fully saturated rings. The Bertz CT molecular complexity index is 1080. The molecule has 1 aliphatic heterocycles. The van der Waals surface area contributed by atoms with Gasteiger partial charge < -0.3 is 9.47 Å². The molecule has 0 atom stereocenters. The minimum Gasteiger partial charge on any atom is -0.490 e. The number of hydrogen-bond acceptors (Lipinski definition) is 5. The van der Waals surface area contributed by atoms with E-state index in [0.717, 1.165) is 14.7 Å². The predicted molar refractivity (Wildman–Crippen MR) is 146 cm³/mol. The summed E-state index contributed by atoms with van der Waals surface area (Å²) in [4.78, 5) is 15.1. The first kappa shape index (κ1) is 25.6. The molecule has 1 heterocycles. The number of ether oxygens (including phenoxy) is 2. The number of thiocarbonyl (C=S) groups is 1. The minimum atomic E-state index is -0.0541. The number of amides is 1. The Kier molecular flexibility index (Phi) is 9.14. The Hall–Kier alpha value is -1.00. The van der Waals surface area contributed by atoms with Gasteiger partial charge in [-0.3, -0.25) is 9.69 Å². The van der Waals surface area contributed by atoms with Gasteiger partial charge in [-0.2, -0.15) is 0 Å². The zero-order valence-corrected chi connectivity index (χ0v) is 23.1. The van der Waals surface area contributed by atoms with E-state index >= 15 is 0 Å². The van der Waals surface area contributed by atoms with E-state index < -0.39 is 0 Å². The molecule has 2 aromatic rings. The van der Waals surface area contributed by atoms with Crippen molar-refractivity contribution in [1.82, 2.24) is 4.90 Å². The van der Waals surface area contributed by atoms with Gasteiger partial charge in [0, 0.05) is 6.54 Å². The van der Waals surface area contributed by atoms with Crippen molar-refractivity contribution in [2.24, 2.45) is 5.92 Å². The maximum absolute atomic E-state index is 12.8. The summed E-state index contributed by atoms with van der Waals surface area (Å²) < 4.78 is 13.4. The second-order valence-electron chi connectivity index (χ2n) is 7.49.